The van der Waals surface area contributed by atoms with Crippen LogP contribution in [0.4, 0.5) is 16.3 Å². The molecule has 0 saturated carbocycles. The van der Waals surface area contributed by atoms with Crippen LogP contribution >= 0.6 is 11.8 Å². The van der Waals surface area contributed by atoms with E-state index in [0.29, 0.717) is 47.4 Å². The van der Waals surface area contributed by atoms with Gasteiger partial charge in [-0.1, -0.05) is 25.1 Å². The van der Waals surface area contributed by atoms with Gasteiger partial charge in [0.05, 0.1) is 12.1 Å². The molecule has 0 radical (unpaired) electrons. The predicted octanol–water partition coefficient (Wildman–Crippen LogP) is 5.72. The largest absolute Gasteiger partial charge is 0.444 e. The molecular weight excluding hydrogens is 446 g/mol. The normalized spacial score (nSPS) is 13.0. The fourth-order valence-corrected chi connectivity index (χ4v) is 4.86. The fourth-order valence-electron chi connectivity index (χ4n) is 3.91. The summed E-state index contributed by atoms with van der Waals surface area (Å²) in [6.45, 7) is 16.3. The number of pyridine rings is 1. The fraction of sp³-hybridized carbons (Fsp3) is 0.462. The highest BCUT2D eigenvalue weighted by molar-refractivity contribution is 7.98. The summed E-state index contributed by atoms with van der Waals surface area (Å²) in [6.07, 6.45) is 1.10. The van der Waals surface area contributed by atoms with Crippen LogP contribution in [0.1, 0.15) is 55.5 Å². The quantitative estimate of drug-likeness (QED) is 0.405. The molecule has 0 spiro atoms. The number of fused-ring (bicyclic) bond motifs is 1. The van der Waals surface area contributed by atoms with Gasteiger partial charge in [-0.05, 0) is 55.9 Å². The van der Waals surface area contributed by atoms with Gasteiger partial charge < -0.3 is 14.5 Å². The topological polar surface area (TPSA) is 73.8 Å². The first-order valence-corrected chi connectivity index (χ1v) is 12.3. The van der Waals surface area contributed by atoms with Gasteiger partial charge in [0.15, 0.2) is 0 Å². The number of hydrogen-bond acceptors (Lipinski definition) is 6. The second kappa shape index (κ2) is 10.4. The highest BCUT2D eigenvalue weighted by atomic mass is 32.2. The number of anilines is 1. The van der Waals surface area contributed by atoms with Gasteiger partial charge in [-0.15, -0.1) is 11.8 Å². The molecule has 0 saturated heterocycles. The molecule has 2 aromatic rings. The third-order valence-corrected chi connectivity index (χ3v) is 6.58. The molecular formula is C26H31N5O2S. The number of nitriles is 1. The van der Waals surface area contributed by atoms with Crippen LogP contribution in [0, 0.1) is 17.9 Å². The van der Waals surface area contributed by atoms with Gasteiger partial charge in [0, 0.05) is 32.9 Å². The smallest absolute Gasteiger partial charge is 0.410 e. The zero-order chi connectivity index (χ0) is 25.0. The van der Waals surface area contributed by atoms with Crippen molar-refractivity contribution >= 4 is 29.4 Å². The van der Waals surface area contributed by atoms with Gasteiger partial charge in [0.2, 0.25) is 5.69 Å². The highest BCUT2D eigenvalue weighted by Gasteiger charge is 2.26. The number of rotatable bonds is 5. The SMILES string of the molecule is [C-]#[N+]c1c(N(C)C)nc(SCc2ccc3c(c2)CCN(C(=O)OC(C)(C)C)C3)c(C#N)c1CC. The van der Waals surface area contributed by atoms with Gasteiger partial charge in [0.1, 0.15) is 22.5 Å². The van der Waals surface area contributed by atoms with E-state index < -0.39 is 5.60 Å². The maximum Gasteiger partial charge on any atom is 0.410 e. The molecule has 34 heavy (non-hydrogen) atoms. The molecule has 1 aliphatic rings. The number of nitrogens with zero attached hydrogens (tertiary/aromatic N) is 5. The molecule has 2 heterocycles. The monoisotopic (exact) mass is 477 g/mol. The average Bonchev–Trinajstić information content (AvgIpc) is 2.79. The Balaban J connectivity index is 1.79. The standard InChI is InChI=1S/C26H31N5O2S/c1-8-20-21(14-27)24(29-23(30(6)7)22(20)28-5)34-16-17-9-10-19-15-31(12-11-18(19)13-17)25(32)33-26(2,3)4/h9-10,13H,8,11-12,15-16H2,1-4,6-7H3. The molecule has 1 aromatic carbocycles. The van der Waals surface area contributed by atoms with Crippen LogP contribution in [0.3, 0.4) is 0 Å². The van der Waals surface area contributed by atoms with Gasteiger partial charge in [-0.25, -0.2) is 14.6 Å². The molecule has 0 atom stereocenters. The van der Waals surface area contributed by atoms with Crippen molar-refractivity contribution < 1.29 is 9.53 Å². The van der Waals surface area contributed by atoms with E-state index in [4.69, 9.17) is 11.3 Å². The molecule has 0 fully saturated rings. The Bertz CT molecular complexity index is 1170. The lowest BCUT2D eigenvalue weighted by Crippen LogP contribution is -2.39. The molecule has 0 unspecified atom stereocenters. The number of aromatic nitrogens is 1. The van der Waals surface area contributed by atoms with E-state index in [9.17, 15) is 10.1 Å². The molecule has 8 heteroatoms. The minimum Gasteiger partial charge on any atom is -0.444 e. The minimum absolute atomic E-state index is 0.279. The zero-order valence-electron chi connectivity index (χ0n) is 20.7. The van der Waals surface area contributed by atoms with Crippen LogP contribution in [0.2, 0.25) is 0 Å². The second-order valence-corrected chi connectivity index (χ2v) is 10.4. The lowest BCUT2D eigenvalue weighted by Gasteiger charge is -2.31. The Morgan fingerprint density at radius 3 is 2.68 bits per heavy atom. The summed E-state index contributed by atoms with van der Waals surface area (Å²) in [6, 6.07) is 8.60. The van der Waals surface area contributed by atoms with Crippen LogP contribution in [-0.4, -0.2) is 42.2 Å². The number of amides is 1. The van der Waals surface area contributed by atoms with E-state index in [2.05, 4.69) is 34.1 Å². The molecule has 0 bridgehead atoms. The van der Waals surface area contributed by atoms with E-state index in [1.807, 2.05) is 46.7 Å². The Labute approximate surface area is 206 Å². The summed E-state index contributed by atoms with van der Waals surface area (Å²) in [5, 5.41) is 10.5. The van der Waals surface area contributed by atoms with E-state index >= 15 is 0 Å². The van der Waals surface area contributed by atoms with Crippen LogP contribution in [-0.2, 0) is 29.9 Å². The number of ether oxygens (including phenoxy) is 1. The number of hydrogen-bond donors (Lipinski definition) is 0. The van der Waals surface area contributed by atoms with Crippen molar-refractivity contribution in [3.63, 3.8) is 0 Å². The summed E-state index contributed by atoms with van der Waals surface area (Å²) < 4.78 is 5.52. The Morgan fingerprint density at radius 2 is 2.09 bits per heavy atom. The lowest BCUT2D eigenvalue weighted by molar-refractivity contribution is 0.0224. The van der Waals surface area contributed by atoms with Gasteiger partial charge in [0.25, 0.3) is 0 Å². The maximum absolute atomic E-state index is 12.4. The Hall–Kier alpha value is -3.23. The van der Waals surface area contributed by atoms with Gasteiger partial charge in [-0.3, -0.25) is 0 Å². The third kappa shape index (κ3) is 5.63. The first-order valence-electron chi connectivity index (χ1n) is 11.3. The molecule has 0 N–H and O–H groups in total. The molecule has 7 nitrogen and oxygen atoms in total. The average molecular weight is 478 g/mol. The molecule has 1 aliphatic heterocycles. The highest BCUT2D eigenvalue weighted by Crippen LogP contribution is 2.38. The predicted molar refractivity (Wildman–Crippen MR) is 135 cm³/mol. The number of carbonyl (C=O) groups is 1. The molecule has 1 amide bonds. The van der Waals surface area contributed by atoms with Gasteiger partial charge >= 0.3 is 6.09 Å². The zero-order valence-corrected chi connectivity index (χ0v) is 21.5. The van der Waals surface area contributed by atoms with Crippen LogP contribution in [0.25, 0.3) is 4.85 Å². The molecule has 178 valence electrons. The number of benzene rings is 1. The van der Waals surface area contributed by atoms with Crippen LogP contribution in [0.5, 0.6) is 0 Å². The first kappa shape index (κ1) is 25.4. The Kier molecular flexibility index (Phi) is 7.74. The summed E-state index contributed by atoms with van der Waals surface area (Å²) >= 11 is 1.52. The summed E-state index contributed by atoms with van der Waals surface area (Å²) in [4.78, 5) is 24.3. The minimum atomic E-state index is -0.508. The van der Waals surface area contributed by atoms with Crippen molar-refractivity contribution in [1.29, 1.82) is 5.26 Å². The number of carbonyl (C=O) groups excluding carboxylic acids is 1. The number of thioether (sulfide) groups is 1. The van der Waals surface area contributed by atoms with Crippen molar-refractivity contribution in [3.8, 4) is 6.07 Å². The molecule has 3 rings (SSSR count). The van der Waals surface area contributed by atoms with Crippen molar-refractivity contribution in [2.24, 2.45) is 0 Å². The van der Waals surface area contributed by atoms with Crippen LogP contribution < -0.4 is 4.90 Å². The van der Waals surface area contributed by atoms with Gasteiger partial charge in [-0.2, -0.15) is 5.26 Å². The van der Waals surface area contributed by atoms with E-state index in [0.717, 1.165) is 23.1 Å². The van der Waals surface area contributed by atoms with E-state index in [1.54, 1.807) is 4.90 Å². The second-order valence-electron chi connectivity index (χ2n) is 9.46. The molecule has 1 aromatic heterocycles. The Morgan fingerprint density at radius 1 is 1.35 bits per heavy atom. The van der Waals surface area contributed by atoms with Crippen molar-refractivity contribution in [1.82, 2.24) is 9.88 Å². The van der Waals surface area contributed by atoms with E-state index in [-0.39, 0.29) is 6.09 Å². The maximum atomic E-state index is 12.4. The summed E-state index contributed by atoms with van der Waals surface area (Å²) in [5.74, 6) is 1.26. The molecule has 0 aliphatic carbocycles. The van der Waals surface area contributed by atoms with Crippen molar-refractivity contribution in [2.45, 2.75) is 63.5 Å². The summed E-state index contributed by atoms with van der Waals surface area (Å²) in [5.41, 5.74) is 4.70. The van der Waals surface area contributed by atoms with Crippen molar-refractivity contribution in [3.05, 3.63) is 57.4 Å². The van der Waals surface area contributed by atoms with Crippen LogP contribution in [0.15, 0.2) is 23.2 Å². The van der Waals surface area contributed by atoms with Crippen molar-refractivity contribution in [2.75, 3.05) is 25.5 Å². The van der Waals surface area contributed by atoms with E-state index in [1.165, 1.54) is 17.3 Å². The first-order chi connectivity index (χ1) is 16.1. The summed E-state index contributed by atoms with van der Waals surface area (Å²) in [7, 11) is 3.72. The lowest BCUT2D eigenvalue weighted by atomic mass is 9.98. The third-order valence-electron chi connectivity index (χ3n) is 5.53.